The van der Waals surface area contributed by atoms with Gasteiger partial charge in [-0.2, -0.15) is 0 Å². The van der Waals surface area contributed by atoms with Crippen molar-refractivity contribution in [2.75, 3.05) is 0 Å². The number of aryl methyl sites for hydroxylation is 2. The molecule has 4 nitrogen and oxygen atoms in total. The summed E-state index contributed by atoms with van der Waals surface area (Å²) in [4.78, 5) is 22.3. The van der Waals surface area contributed by atoms with E-state index < -0.39 is 5.97 Å². The molecule has 0 saturated heterocycles. The molecule has 0 atom stereocenters. The number of phenols is 1. The van der Waals surface area contributed by atoms with Crippen molar-refractivity contribution < 1.29 is 19.8 Å². The van der Waals surface area contributed by atoms with Crippen molar-refractivity contribution in [2.45, 2.75) is 33.1 Å². The van der Waals surface area contributed by atoms with Crippen molar-refractivity contribution in [3.63, 3.8) is 0 Å². The highest BCUT2D eigenvalue weighted by Crippen LogP contribution is 2.22. The zero-order chi connectivity index (χ0) is 13.0. The van der Waals surface area contributed by atoms with Crippen molar-refractivity contribution in [1.29, 1.82) is 0 Å². The number of benzene rings is 1. The minimum atomic E-state index is -0.892. The van der Waals surface area contributed by atoms with Gasteiger partial charge in [-0.05, 0) is 43.5 Å². The number of rotatable bonds is 5. The number of ketones is 1. The van der Waals surface area contributed by atoms with Gasteiger partial charge in [-0.3, -0.25) is 9.59 Å². The number of phenolic OH excluding ortho intramolecular Hbond substituents is 1. The molecule has 0 aliphatic heterocycles. The smallest absolute Gasteiger partial charge is 0.303 e. The van der Waals surface area contributed by atoms with Crippen LogP contribution in [0.1, 0.15) is 40.7 Å². The summed E-state index contributed by atoms with van der Waals surface area (Å²) in [5.41, 5.74) is 2.04. The number of Topliss-reactive ketones (excluding diaryl/α,β-unsaturated/α-hetero) is 1. The summed E-state index contributed by atoms with van der Waals surface area (Å²) in [6, 6.07) is 3.08. The molecule has 0 saturated carbocycles. The zero-order valence-electron chi connectivity index (χ0n) is 9.99. The van der Waals surface area contributed by atoms with E-state index in [9.17, 15) is 14.7 Å². The normalized spacial score (nSPS) is 10.2. The maximum atomic E-state index is 11.9. The summed E-state index contributed by atoms with van der Waals surface area (Å²) in [6.07, 6.45) is 0.564. The van der Waals surface area contributed by atoms with E-state index in [-0.39, 0.29) is 24.4 Å². The van der Waals surface area contributed by atoms with Crippen LogP contribution < -0.4 is 0 Å². The Morgan fingerprint density at radius 2 is 1.65 bits per heavy atom. The topological polar surface area (TPSA) is 74.6 Å². The molecule has 0 aliphatic carbocycles. The largest absolute Gasteiger partial charge is 0.508 e. The van der Waals surface area contributed by atoms with Gasteiger partial charge in [-0.1, -0.05) is 0 Å². The Morgan fingerprint density at radius 1 is 1.12 bits per heavy atom. The quantitative estimate of drug-likeness (QED) is 0.770. The Bertz CT molecular complexity index is 426. The van der Waals surface area contributed by atoms with Crippen LogP contribution in [0.5, 0.6) is 5.75 Å². The van der Waals surface area contributed by atoms with Crippen LogP contribution in [0.15, 0.2) is 12.1 Å². The molecule has 0 amide bonds. The van der Waals surface area contributed by atoms with Gasteiger partial charge in [-0.15, -0.1) is 0 Å². The first-order chi connectivity index (χ1) is 7.91. The number of hydrogen-bond donors (Lipinski definition) is 2. The first kappa shape index (κ1) is 13.2. The first-order valence-corrected chi connectivity index (χ1v) is 5.47. The average molecular weight is 236 g/mol. The van der Waals surface area contributed by atoms with Crippen LogP contribution in [0.3, 0.4) is 0 Å². The van der Waals surface area contributed by atoms with E-state index in [4.69, 9.17) is 5.11 Å². The lowest BCUT2D eigenvalue weighted by molar-refractivity contribution is -0.137. The standard InChI is InChI=1S/C13H16O4/c1-8-6-10(14)7-9(2)13(8)11(15)4-3-5-12(16)17/h6-7,14H,3-5H2,1-2H3,(H,16,17). The van der Waals surface area contributed by atoms with Gasteiger partial charge >= 0.3 is 5.97 Å². The van der Waals surface area contributed by atoms with Crippen LogP contribution in [0, 0.1) is 13.8 Å². The lowest BCUT2D eigenvalue weighted by atomic mass is 9.96. The lowest BCUT2D eigenvalue weighted by Gasteiger charge is -2.09. The molecule has 0 heterocycles. The molecular formula is C13H16O4. The average Bonchev–Trinajstić information content (AvgIpc) is 2.14. The number of aromatic hydroxyl groups is 1. The molecule has 0 radical (unpaired) electrons. The van der Waals surface area contributed by atoms with Crippen LogP contribution in [-0.4, -0.2) is 22.0 Å². The van der Waals surface area contributed by atoms with E-state index in [1.807, 2.05) is 0 Å². The minimum Gasteiger partial charge on any atom is -0.508 e. The third-order valence-electron chi connectivity index (χ3n) is 2.59. The number of carbonyl (C=O) groups excluding carboxylic acids is 1. The fraction of sp³-hybridized carbons (Fsp3) is 0.385. The van der Waals surface area contributed by atoms with Gasteiger partial charge in [0.1, 0.15) is 5.75 Å². The summed E-state index contributed by atoms with van der Waals surface area (Å²) in [5.74, 6) is -0.819. The first-order valence-electron chi connectivity index (χ1n) is 5.47. The number of aliphatic carboxylic acids is 1. The highest BCUT2D eigenvalue weighted by molar-refractivity contribution is 5.99. The number of hydrogen-bond acceptors (Lipinski definition) is 3. The van der Waals surface area contributed by atoms with Gasteiger partial charge in [0.05, 0.1) is 0 Å². The van der Waals surface area contributed by atoms with Crippen molar-refractivity contribution in [2.24, 2.45) is 0 Å². The van der Waals surface area contributed by atoms with E-state index in [1.165, 1.54) is 12.1 Å². The molecular weight excluding hydrogens is 220 g/mol. The molecule has 0 bridgehead atoms. The van der Waals surface area contributed by atoms with Crippen LogP contribution in [0.25, 0.3) is 0 Å². The van der Waals surface area contributed by atoms with Crippen LogP contribution in [0.2, 0.25) is 0 Å². The van der Waals surface area contributed by atoms with E-state index in [2.05, 4.69) is 0 Å². The van der Waals surface area contributed by atoms with Crippen molar-refractivity contribution in [3.8, 4) is 5.75 Å². The van der Waals surface area contributed by atoms with Gasteiger partial charge in [0.25, 0.3) is 0 Å². The third kappa shape index (κ3) is 3.59. The molecule has 0 spiro atoms. The molecule has 92 valence electrons. The molecule has 0 fully saturated rings. The van der Waals surface area contributed by atoms with E-state index in [1.54, 1.807) is 13.8 Å². The second-order valence-corrected chi connectivity index (χ2v) is 4.13. The van der Waals surface area contributed by atoms with Crippen molar-refractivity contribution in [3.05, 3.63) is 28.8 Å². The molecule has 0 aromatic heterocycles. The molecule has 4 heteroatoms. The lowest BCUT2D eigenvalue weighted by Crippen LogP contribution is -2.06. The fourth-order valence-electron chi connectivity index (χ4n) is 1.91. The fourth-order valence-corrected chi connectivity index (χ4v) is 1.91. The number of carboxylic acid groups (broad SMARTS) is 1. The van der Waals surface area contributed by atoms with Crippen LogP contribution in [-0.2, 0) is 4.79 Å². The zero-order valence-corrected chi connectivity index (χ0v) is 9.99. The van der Waals surface area contributed by atoms with Crippen molar-refractivity contribution in [1.82, 2.24) is 0 Å². The minimum absolute atomic E-state index is 0.00190. The predicted octanol–water partition coefficient (Wildman–Crippen LogP) is 2.45. The van der Waals surface area contributed by atoms with Crippen LogP contribution >= 0.6 is 0 Å². The monoisotopic (exact) mass is 236 g/mol. The third-order valence-corrected chi connectivity index (χ3v) is 2.59. The Morgan fingerprint density at radius 3 is 2.12 bits per heavy atom. The highest BCUT2D eigenvalue weighted by Gasteiger charge is 2.13. The molecule has 1 aromatic rings. The van der Waals surface area contributed by atoms with Gasteiger partial charge in [0, 0.05) is 18.4 Å². The highest BCUT2D eigenvalue weighted by atomic mass is 16.4. The maximum Gasteiger partial charge on any atom is 0.303 e. The molecule has 0 aliphatic rings. The van der Waals surface area contributed by atoms with Gasteiger partial charge in [0.15, 0.2) is 5.78 Å². The second-order valence-electron chi connectivity index (χ2n) is 4.13. The van der Waals surface area contributed by atoms with Gasteiger partial charge in [-0.25, -0.2) is 0 Å². The Hall–Kier alpha value is -1.84. The van der Waals surface area contributed by atoms with E-state index in [0.717, 1.165) is 11.1 Å². The number of carbonyl (C=O) groups is 2. The van der Waals surface area contributed by atoms with Crippen molar-refractivity contribution >= 4 is 11.8 Å². The summed E-state index contributed by atoms with van der Waals surface area (Å²) >= 11 is 0. The van der Waals surface area contributed by atoms with E-state index in [0.29, 0.717) is 12.0 Å². The van der Waals surface area contributed by atoms with Gasteiger partial charge < -0.3 is 10.2 Å². The second kappa shape index (κ2) is 5.48. The summed E-state index contributed by atoms with van der Waals surface area (Å²) in [5, 5.41) is 17.9. The molecule has 17 heavy (non-hydrogen) atoms. The SMILES string of the molecule is Cc1cc(O)cc(C)c1C(=O)CCCC(=O)O. The Kier molecular flexibility index (Phi) is 4.26. The molecule has 2 N–H and O–H groups in total. The molecule has 0 unspecified atom stereocenters. The number of carboxylic acids is 1. The Labute approximate surface area is 99.9 Å². The summed E-state index contributed by atoms with van der Waals surface area (Å²) < 4.78 is 0. The molecule has 1 aromatic carbocycles. The molecule has 1 rings (SSSR count). The van der Waals surface area contributed by atoms with Crippen LogP contribution in [0.4, 0.5) is 0 Å². The summed E-state index contributed by atoms with van der Waals surface area (Å²) in [7, 11) is 0. The maximum absolute atomic E-state index is 11.9. The van der Waals surface area contributed by atoms with E-state index >= 15 is 0 Å². The summed E-state index contributed by atoms with van der Waals surface area (Å²) in [6.45, 7) is 3.52. The predicted molar refractivity (Wildman–Crippen MR) is 63.4 cm³/mol. The Balaban J connectivity index is 2.79. The van der Waals surface area contributed by atoms with Gasteiger partial charge in [0.2, 0.25) is 0 Å².